The fraction of sp³-hybridized carbons (Fsp3) is 0.105. The van der Waals surface area contributed by atoms with Gasteiger partial charge in [-0.15, -0.1) is 0 Å². The quantitative estimate of drug-likeness (QED) is 0.629. The van der Waals surface area contributed by atoms with Crippen LogP contribution in [0.1, 0.15) is 21.7 Å². The molecule has 26 heavy (non-hydrogen) atoms. The van der Waals surface area contributed by atoms with Gasteiger partial charge in [0.25, 0.3) is 5.91 Å². The fourth-order valence-electron chi connectivity index (χ4n) is 2.39. The van der Waals surface area contributed by atoms with Crippen molar-refractivity contribution in [1.29, 1.82) is 0 Å². The van der Waals surface area contributed by atoms with Crippen LogP contribution in [0.4, 0.5) is 17.3 Å². The Balaban J connectivity index is 1.84. The highest BCUT2D eigenvalue weighted by Crippen LogP contribution is 2.22. The molecule has 0 aliphatic carbocycles. The highest BCUT2D eigenvalue weighted by atomic mass is 35.5. The third-order valence-electron chi connectivity index (χ3n) is 3.60. The van der Waals surface area contributed by atoms with Gasteiger partial charge in [0.1, 0.15) is 5.69 Å². The number of anilines is 3. The highest BCUT2D eigenvalue weighted by Gasteiger charge is 2.12. The SMILES string of the molecule is Cc1cc(C(=O)Nc2cccc(Cl)c2)nc(Nc2ccc(Cl)cc2C)n1. The molecule has 0 saturated carbocycles. The first-order valence-corrected chi connectivity index (χ1v) is 8.62. The third kappa shape index (κ3) is 4.50. The summed E-state index contributed by atoms with van der Waals surface area (Å²) in [5.41, 5.74) is 3.30. The summed E-state index contributed by atoms with van der Waals surface area (Å²) in [5, 5.41) is 7.10. The predicted molar refractivity (Wildman–Crippen MR) is 106 cm³/mol. The number of aryl methyl sites for hydroxylation is 2. The first-order valence-electron chi connectivity index (χ1n) is 7.86. The molecular weight excluding hydrogens is 371 g/mol. The van der Waals surface area contributed by atoms with Crippen LogP contribution in [0.5, 0.6) is 0 Å². The van der Waals surface area contributed by atoms with Crippen LogP contribution in [-0.2, 0) is 0 Å². The Hall–Kier alpha value is -2.63. The van der Waals surface area contributed by atoms with E-state index in [1.165, 1.54) is 0 Å². The molecule has 3 rings (SSSR count). The molecule has 5 nitrogen and oxygen atoms in total. The van der Waals surface area contributed by atoms with E-state index in [1.807, 2.05) is 19.1 Å². The van der Waals surface area contributed by atoms with Crippen molar-refractivity contribution < 1.29 is 4.79 Å². The average Bonchev–Trinajstić information content (AvgIpc) is 2.57. The minimum Gasteiger partial charge on any atom is -0.324 e. The Morgan fingerprint density at radius 1 is 0.962 bits per heavy atom. The molecule has 0 saturated heterocycles. The van der Waals surface area contributed by atoms with E-state index in [0.29, 0.717) is 27.4 Å². The molecule has 3 aromatic rings. The summed E-state index contributed by atoms with van der Waals surface area (Å²) in [6, 6.07) is 14.0. The van der Waals surface area contributed by atoms with Crippen LogP contribution >= 0.6 is 23.2 Å². The van der Waals surface area contributed by atoms with Crippen molar-refractivity contribution in [3.63, 3.8) is 0 Å². The maximum absolute atomic E-state index is 12.5. The van der Waals surface area contributed by atoms with Crippen LogP contribution in [0, 0.1) is 13.8 Å². The van der Waals surface area contributed by atoms with E-state index in [1.54, 1.807) is 43.3 Å². The van der Waals surface area contributed by atoms with E-state index in [0.717, 1.165) is 11.3 Å². The number of hydrogen-bond acceptors (Lipinski definition) is 4. The fourth-order valence-corrected chi connectivity index (χ4v) is 2.81. The van der Waals surface area contributed by atoms with Gasteiger partial charge in [-0.1, -0.05) is 29.3 Å². The lowest BCUT2D eigenvalue weighted by atomic mass is 10.2. The van der Waals surface area contributed by atoms with Crippen LogP contribution in [0.25, 0.3) is 0 Å². The molecule has 1 heterocycles. The number of hydrogen-bond donors (Lipinski definition) is 2. The number of carbonyl (C=O) groups excluding carboxylic acids is 1. The smallest absolute Gasteiger partial charge is 0.274 e. The maximum Gasteiger partial charge on any atom is 0.274 e. The highest BCUT2D eigenvalue weighted by molar-refractivity contribution is 6.31. The molecule has 0 spiro atoms. The molecule has 0 aliphatic heterocycles. The van der Waals surface area contributed by atoms with Gasteiger partial charge in [0, 0.05) is 27.1 Å². The van der Waals surface area contributed by atoms with Crippen molar-refractivity contribution in [3.8, 4) is 0 Å². The molecule has 0 radical (unpaired) electrons. The second-order valence-corrected chi connectivity index (χ2v) is 6.64. The average molecular weight is 387 g/mol. The van der Waals surface area contributed by atoms with Gasteiger partial charge < -0.3 is 10.6 Å². The van der Waals surface area contributed by atoms with Gasteiger partial charge >= 0.3 is 0 Å². The first-order chi connectivity index (χ1) is 12.4. The molecule has 0 fully saturated rings. The molecule has 0 atom stereocenters. The molecule has 2 N–H and O–H groups in total. The van der Waals surface area contributed by atoms with Crippen LogP contribution < -0.4 is 10.6 Å². The van der Waals surface area contributed by atoms with E-state index in [-0.39, 0.29) is 11.6 Å². The summed E-state index contributed by atoms with van der Waals surface area (Å²) in [6.07, 6.45) is 0. The Labute approximate surface area is 161 Å². The monoisotopic (exact) mass is 386 g/mol. The number of rotatable bonds is 4. The number of amides is 1. The van der Waals surface area contributed by atoms with Crippen molar-refractivity contribution in [3.05, 3.63) is 75.5 Å². The number of aromatic nitrogens is 2. The van der Waals surface area contributed by atoms with Gasteiger partial charge in [-0.05, 0) is 61.9 Å². The topological polar surface area (TPSA) is 66.9 Å². The van der Waals surface area contributed by atoms with E-state index >= 15 is 0 Å². The molecule has 7 heteroatoms. The second-order valence-electron chi connectivity index (χ2n) is 5.77. The van der Waals surface area contributed by atoms with E-state index in [9.17, 15) is 4.79 Å². The minimum atomic E-state index is -0.339. The van der Waals surface area contributed by atoms with Crippen LogP contribution in [-0.4, -0.2) is 15.9 Å². The lowest BCUT2D eigenvalue weighted by Crippen LogP contribution is -2.15. The van der Waals surface area contributed by atoms with Gasteiger partial charge in [0.2, 0.25) is 5.95 Å². The van der Waals surface area contributed by atoms with Crippen molar-refractivity contribution >= 4 is 46.4 Å². The van der Waals surface area contributed by atoms with Crippen LogP contribution in [0.15, 0.2) is 48.5 Å². The second kappa shape index (κ2) is 7.72. The van der Waals surface area contributed by atoms with Crippen molar-refractivity contribution in [2.24, 2.45) is 0 Å². The zero-order valence-corrected chi connectivity index (χ0v) is 15.7. The third-order valence-corrected chi connectivity index (χ3v) is 4.07. The largest absolute Gasteiger partial charge is 0.324 e. The molecule has 0 aliphatic rings. The Kier molecular flexibility index (Phi) is 5.40. The summed E-state index contributed by atoms with van der Waals surface area (Å²) < 4.78 is 0. The molecule has 0 bridgehead atoms. The molecule has 1 aromatic heterocycles. The van der Waals surface area contributed by atoms with E-state index in [4.69, 9.17) is 23.2 Å². The summed E-state index contributed by atoms with van der Waals surface area (Å²) in [5.74, 6) is 0.000288. The number of carbonyl (C=O) groups is 1. The van der Waals surface area contributed by atoms with Crippen molar-refractivity contribution in [1.82, 2.24) is 9.97 Å². The Bertz CT molecular complexity index is 976. The zero-order valence-electron chi connectivity index (χ0n) is 14.2. The summed E-state index contributed by atoms with van der Waals surface area (Å²) in [6.45, 7) is 3.73. The lowest BCUT2D eigenvalue weighted by molar-refractivity contribution is 0.102. The lowest BCUT2D eigenvalue weighted by Gasteiger charge is -2.11. The summed E-state index contributed by atoms with van der Waals surface area (Å²) in [7, 11) is 0. The van der Waals surface area contributed by atoms with Crippen molar-refractivity contribution in [2.45, 2.75) is 13.8 Å². The number of halogens is 2. The van der Waals surface area contributed by atoms with E-state index < -0.39 is 0 Å². The molecule has 2 aromatic carbocycles. The number of nitrogens with zero attached hydrogens (tertiary/aromatic N) is 2. The molecule has 0 unspecified atom stereocenters. The van der Waals surface area contributed by atoms with Crippen LogP contribution in [0.3, 0.4) is 0 Å². The summed E-state index contributed by atoms with van der Waals surface area (Å²) in [4.78, 5) is 21.2. The molecular formula is C19H16Cl2N4O. The van der Waals surface area contributed by atoms with Gasteiger partial charge in [0.15, 0.2) is 0 Å². The van der Waals surface area contributed by atoms with E-state index in [2.05, 4.69) is 20.6 Å². The first kappa shape index (κ1) is 18.2. The normalized spacial score (nSPS) is 10.5. The standard InChI is InChI=1S/C19H16Cl2N4O/c1-11-8-14(21)6-7-16(11)24-19-22-12(2)9-17(25-19)18(26)23-15-5-3-4-13(20)10-15/h3-10H,1-2H3,(H,23,26)(H,22,24,25). The number of benzene rings is 2. The Morgan fingerprint density at radius 2 is 1.73 bits per heavy atom. The zero-order chi connectivity index (χ0) is 18.7. The van der Waals surface area contributed by atoms with Gasteiger partial charge in [-0.2, -0.15) is 0 Å². The van der Waals surface area contributed by atoms with Crippen molar-refractivity contribution in [2.75, 3.05) is 10.6 Å². The van der Waals surface area contributed by atoms with Crippen LogP contribution in [0.2, 0.25) is 10.0 Å². The predicted octanol–water partition coefficient (Wildman–Crippen LogP) is 5.40. The van der Waals surface area contributed by atoms with Gasteiger partial charge in [-0.3, -0.25) is 4.79 Å². The molecule has 132 valence electrons. The molecule has 1 amide bonds. The van der Waals surface area contributed by atoms with Gasteiger partial charge in [-0.25, -0.2) is 9.97 Å². The number of nitrogens with one attached hydrogen (secondary N) is 2. The minimum absolute atomic E-state index is 0.256. The maximum atomic E-state index is 12.5. The summed E-state index contributed by atoms with van der Waals surface area (Å²) >= 11 is 11.9. The van der Waals surface area contributed by atoms with Gasteiger partial charge in [0.05, 0.1) is 0 Å². The Morgan fingerprint density at radius 3 is 2.46 bits per heavy atom.